The monoisotopic (exact) mass is 353 g/mol. The predicted octanol–water partition coefficient (Wildman–Crippen LogP) is 3.02. The van der Waals surface area contributed by atoms with Crippen LogP contribution in [0.15, 0.2) is 42.5 Å². The maximum Gasteiger partial charge on any atom is 0.216 e. The van der Waals surface area contributed by atoms with Crippen molar-refractivity contribution in [3.8, 4) is 11.5 Å². The largest absolute Gasteiger partial charge is 0.497 e. The van der Waals surface area contributed by atoms with E-state index < -0.39 is 27.6 Å². The lowest BCUT2D eigenvalue weighted by molar-refractivity contribution is 0.395. The van der Waals surface area contributed by atoms with E-state index in [2.05, 4.69) is 4.72 Å². The quantitative estimate of drug-likeness (QED) is 0.831. The lowest BCUT2D eigenvalue weighted by Gasteiger charge is -2.18. The molecule has 0 aliphatic rings. The molecule has 0 unspecified atom stereocenters. The Hall–Kier alpha value is -2.12. The number of sulfonamides is 1. The Labute approximate surface area is 141 Å². The van der Waals surface area contributed by atoms with Crippen molar-refractivity contribution in [3.05, 3.63) is 59.4 Å². The molecule has 0 aliphatic heterocycles. The van der Waals surface area contributed by atoms with Gasteiger partial charge in [0.15, 0.2) is 0 Å². The van der Waals surface area contributed by atoms with Crippen molar-refractivity contribution in [1.29, 1.82) is 0 Å². The molecular weight excluding hydrogens is 333 g/mol. The van der Waals surface area contributed by atoms with E-state index in [-0.39, 0.29) is 5.56 Å². The van der Waals surface area contributed by atoms with Crippen molar-refractivity contribution < 1.29 is 22.3 Å². The molecule has 0 fully saturated rings. The van der Waals surface area contributed by atoms with E-state index in [1.54, 1.807) is 31.2 Å². The number of rotatable bonds is 7. The van der Waals surface area contributed by atoms with Gasteiger partial charge in [0.25, 0.3) is 0 Å². The van der Waals surface area contributed by atoms with Crippen molar-refractivity contribution >= 4 is 10.0 Å². The second kappa shape index (κ2) is 7.63. The summed E-state index contributed by atoms with van der Waals surface area (Å²) in [5.74, 6) is 0.147. The van der Waals surface area contributed by atoms with Gasteiger partial charge >= 0.3 is 0 Å². The van der Waals surface area contributed by atoms with Crippen LogP contribution in [0.5, 0.6) is 11.5 Å². The Bertz CT molecular complexity index is 808. The summed E-state index contributed by atoms with van der Waals surface area (Å²) in [6.45, 7) is 1.69. The molecule has 1 atom stereocenters. The van der Waals surface area contributed by atoms with Gasteiger partial charge in [-0.1, -0.05) is 18.2 Å². The molecule has 0 radical (unpaired) electrons. The Morgan fingerprint density at radius 2 is 1.83 bits per heavy atom. The minimum Gasteiger partial charge on any atom is -0.497 e. The molecule has 0 aliphatic carbocycles. The number of halogens is 1. The molecule has 0 heterocycles. The van der Waals surface area contributed by atoms with Crippen molar-refractivity contribution in [1.82, 2.24) is 4.72 Å². The van der Waals surface area contributed by atoms with Gasteiger partial charge in [0.2, 0.25) is 10.0 Å². The first-order valence-corrected chi connectivity index (χ1v) is 8.97. The maximum atomic E-state index is 13.7. The molecule has 0 aromatic heterocycles. The topological polar surface area (TPSA) is 64.6 Å². The molecule has 5 nitrogen and oxygen atoms in total. The Balaban J connectivity index is 2.22. The minimum absolute atomic E-state index is 0.120. The summed E-state index contributed by atoms with van der Waals surface area (Å²) < 4.78 is 51.3. The highest BCUT2D eigenvalue weighted by molar-refractivity contribution is 7.88. The van der Waals surface area contributed by atoms with Crippen molar-refractivity contribution in [3.63, 3.8) is 0 Å². The first-order chi connectivity index (χ1) is 11.4. The molecule has 0 amide bonds. The van der Waals surface area contributed by atoms with E-state index in [0.29, 0.717) is 17.1 Å². The van der Waals surface area contributed by atoms with Gasteiger partial charge in [0.05, 0.1) is 20.0 Å². The average molecular weight is 353 g/mol. The van der Waals surface area contributed by atoms with Crippen molar-refractivity contribution in [2.45, 2.75) is 18.7 Å². The molecular formula is C17H20FNO4S. The van der Waals surface area contributed by atoms with Crippen LogP contribution in [0.2, 0.25) is 0 Å². The van der Waals surface area contributed by atoms with Crippen LogP contribution in [-0.2, 0) is 15.8 Å². The summed E-state index contributed by atoms with van der Waals surface area (Å²) in [4.78, 5) is 0. The highest BCUT2D eigenvalue weighted by atomic mass is 32.2. The fourth-order valence-electron chi connectivity index (χ4n) is 2.37. The first-order valence-electron chi connectivity index (χ1n) is 7.31. The SMILES string of the molecule is COc1ccc(OC)c([C@H](C)NS(=O)(=O)Cc2ccccc2F)c1. The highest BCUT2D eigenvalue weighted by Gasteiger charge is 2.21. The van der Waals surface area contributed by atoms with Crippen LogP contribution in [0.25, 0.3) is 0 Å². The summed E-state index contributed by atoms with van der Waals surface area (Å²) in [5.41, 5.74) is 0.753. The molecule has 0 spiro atoms. The van der Waals surface area contributed by atoms with Crippen LogP contribution in [0.3, 0.4) is 0 Å². The molecule has 130 valence electrons. The lowest BCUT2D eigenvalue weighted by atomic mass is 10.1. The Morgan fingerprint density at radius 1 is 1.12 bits per heavy atom. The van der Waals surface area contributed by atoms with E-state index in [0.717, 1.165) is 0 Å². The van der Waals surface area contributed by atoms with E-state index >= 15 is 0 Å². The van der Waals surface area contributed by atoms with E-state index in [1.807, 2.05) is 0 Å². The van der Waals surface area contributed by atoms with Gasteiger partial charge in [-0.3, -0.25) is 0 Å². The summed E-state index contributed by atoms with van der Waals surface area (Å²) in [6.07, 6.45) is 0. The van der Waals surface area contributed by atoms with Gasteiger partial charge in [-0.2, -0.15) is 0 Å². The summed E-state index contributed by atoms with van der Waals surface area (Å²) in [7, 11) is -0.703. The normalized spacial score (nSPS) is 12.7. The lowest BCUT2D eigenvalue weighted by Crippen LogP contribution is -2.28. The number of methoxy groups -OCH3 is 2. The standard InChI is InChI=1S/C17H20FNO4S/c1-12(15-10-14(22-2)8-9-17(15)23-3)19-24(20,21)11-13-6-4-5-7-16(13)18/h4-10,12,19H,11H2,1-3H3/t12-/m0/s1. The summed E-state index contributed by atoms with van der Waals surface area (Å²) in [6, 6.07) is 10.4. The molecule has 0 bridgehead atoms. The number of benzene rings is 2. The third-order valence-electron chi connectivity index (χ3n) is 3.56. The zero-order chi connectivity index (χ0) is 17.7. The predicted molar refractivity (Wildman–Crippen MR) is 90.1 cm³/mol. The number of nitrogens with one attached hydrogen (secondary N) is 1. The van der Waals surface area contributed by atoms with Crippen LogP contribution in [-0.4, -0.2) is 22.6 Å². The van der Waals surface area contributed by atoms with Crippen LogP contribution in [0, 0.1) is 5.82 Å². The zero-order valence-corrected chi connectivity index (χ0v) is 14.6. The molecule has 2 rings (SSSR count). The second-order valence-corrected chi connectivity index (χ2v) is 7.05. The Kier molecular flexibility index (Phi) is 5.80. The van der Waals surface area contributed by atoms with Gasteiger partial charge in [-0.15, -0.1) is 0 Å². The molecule has 24 heavy (non-hydrogen) atoms. The average Bonchev–Trinajstić information content (AvgIpc) is 2.55. The van der Waals surface area contributed by atoms with Crippen molar-refractivity contribution in [2.24, 2.45) is 0 Å². The molecule has 7 heteroatoms. The maximum absolute atomic E-state index is 13.7. The van der Waals surface area contributed by atoms with E-state index in [9.17, 15) is 12.8 Å². The van der Waals surface area contributed by atoms with Crippen LogP contribution >= 0.6 is 0 Å². The molecule has 2 aromatic rings. The van der Waals surface area contributed by atoms with Gasteiger partial charge in [0.1, 0.15) is 17.3 Å². The van der Waals surface area contributed by atoms with Gasteiger partial charge in [0, 0.05) is 17.2 Å². The summed E-state index contributed by atoms with van der Waals surface area (Å²) >= 11 is 0. The summed E-state index contributed by atoms with van der Waals surface area (Å²) in [5, 5.41) is 0. The smallest absolute Gasteiger partial charge is 0.216 e. The molecule has 0 saturated heterocycles. The number of hydrogen-bond donors (Lipinski definition) is 1. The molecule has 2 aromatic carbocycles. The van der Waals surface area contributed by atoms with Crippen LogP contribution < -0.4 is 14.2 Å². The van der Waals surface area contributed by atoms with Gasteiger partial charge < -0.3 is 9.47 Å². The Morgan fingerprint density at radius 3 is 2.46 bits per heavy atom. The fourth-order valence-corrected chi connectivity index (χ4v) is 3.76. The second-order valence-electron chi connectivity index (χ2n) is 5.30. The third-order valence-corrected chi connectivity index (χ3v) is 4.97. The van der Waals surface area contributed by atoms with Crippen LogP contribution in [0.1, 0.15) is 24.1 Å². The number of hydrogen-bond acceptors (Lipinski definition) is 4. The minimum atomic E-state index is -3.74. The van der Waals surface area contributed by atoms with E-state index in [4.69, 9.17) is 9.47 Å². The third kappa shape index (κ3) is 4.46. The highest BCUT2D eigenvalue weighted by Crippen LogP contribution is 2.29. The first kappa shape index (κ1) is 18.2. The van der Waals surface area contributed by atoms with Crippen LogP contribution in [0.4, 0.5) is 4.39 Å². The van der Waals surface area contributed by atoms with Gasteiger partial charge in [-0.05, 0) is 31.2 Å². The van der Waals surface area contributed by atoms with Gasteiger partial charge in [-0.25, -0.2) is 17.5 Å². The number of ether oxygens (including phenoxy) is 2. The fraction of sp³-hybridized carbons (Fsp3) is 0.294. The van der Waals surface area contributed by atoms with Crippen molar-refractivity contribution in [2.75, 3.05) is 14.2 Å². The molecule has 1 N–H and O–H groups in total. The zero-order valence-electron chi connectivity index (χ0n) is 13.7. The molecule has 0 saturated carbocycles. The van der Waals surface area contributed by atoms with E-state index in [1.165, 1.54) is 32.4 Å².